The van der Waals surface area contributed by atoms with Crippen LogP contribution in [0, 0.1) is 6.92 Å². The second-order valence-electron chi connectivity index (χ2n) is 6.60. The Morgan fingerprint density at radius 3 is 2.86 bits per heavy atom. The summed E-state index contributed by atoms with van der Waals surface area (Å²) in [4.78, 5) is 30.2. The zero-order valence-corrected chi connectivity index (χ0v) is 15.4. The molecule has 7 nitrogen and oxygen atoms in total. The number of aryl methyl sites for hydroxylation is 1. The van der Waals surface area contributed by atoms with Crippen LogP contribution in [-0.4, -0.2) is 28.6 Å². The van der Waals surface area contributed by atoms with E-state index in [-0.39, 0.29) is 18.4 Å². The Labute approximate surface area is 161 Å². The van der Waals surface area contributed by atoms with E-state index in [0.717, 1.165) is 17.5 Å². The Morgan fingerprint density at radius 1 is 1.21 bits per heavy atom. The van der Waals surface area contributed by atoms with Crippen LogP contribution in [0.1, 0.15) is 34.7 Å². The Balaban J connectivity index is 1.43. The van der Waals surface area contributed by atoms with E-state index in [1.165, 1.54) is 0 Å². The highest BCUT2D eigenvalue weighted by Gasteiger charge is 2.22. The topological polar surface area (TPSA) is 85.5 Å². The van der Waals surface area contributed by atoms with Crippen molar-refractivity contribution in [3.63, 3.8) is 0 Å². The van der Waals surface area contributed by atoms with Gasteiger partial charge in [0.15, 0.2) is 6.61 Å². The normalized spacial score (nSPS) is 13.8. The highest BCUT2D eigenvalue weighted by molar-refractivity contribution is 5.97. The number of hydrogen-bond donors (Lipinski definition) is 0. The van der Waals surface area contributed by atoms with Gasteiger partial charge < -0.3 is 14.2 Å². The van der Waals surface area contributed by atoms with Crippen molar-refractivity contribution in [2.45, 2.75) is 26.4 Å². The lowest BCUT2D eigenvalue weighted by molar-refractivity contribution is -0.117. The van der Waals surface area contributed by atoms with Gasteiger partial charge in [0, 0.05) is 24.2 Å². The molecular weight excluding hydrogens is 358 g/mol. The minimum absolute atomic E-state index is 0.0695. The minimum Gasteiger partial charge on any atom is -0.452 e. The van der Waals surface area contributed by atoms with Crippen LogP contribution in [0.3, 0.4) is 0 Å². The van der Waals surface area contributed by atoms with Crippen molar-refractivity contribution in [1.82, 2.24) is 10.1 Å². The van der Waals surface area contributed by atoms with Crippen LogP contribution >= 0.6 is 0 Å². The Kier molecular flexibility index (Phi) is 4.89. The Bertz CT molecular complexity index is 1030. The average Bonchev–Trinajstić information content (AvgIpc) is 3.35. The smallest absolute Gasteiger partial charge is 0.338 e. The van der Waals surface area contributed by atoms with Crippen molar-refractivity contribution in [2.24, 2.45) is 0 Å². The van der Waals surface area contributed by atoms with E-state index >= 15 is 0 Å². The van der Waals surface area contributed by atoms with Crippen LogP contribution in [0.15, 0.2) is 53.1 Å². The molecule has 2 aromatic carbocycles. The van der Waals surface area contributed by atoms with Crippen molar-refractivity contribution in [2.75, 3.05) is 11.4 Å². The molecular formula is C21H19N3O4. The number of rotatable bonds is 5. The van der Waals surface area contributed by atoms with Gasteiger partial charge in [0.2, 0.25) is 11.7 Å². The van der Waals surface area contributed by atoms with Crippen LogP contribution in [0.5, 0.6) is 0 Å². The van der Waals surface area contributed by atoms with Gasteiger partial charge in [-0.25, -0.2) is 4.79 Å². The fourth-order valence-corrected chi connectivity index (χ4v) is 3.18. The van der Waals surface area contributed by atoms with Gasteiger partial charge in [-0.2, -0.15) is 4.98 Å². The van der Waals surface area contributed by atoms with Crippen LogP contribution < -0.4 is 4.90 Å². The lowest BCUT2D eigenvalue weighted by atomic mass is 10.1. The Morgan fingerprint density at radius 2 is 2.07 bits per heavy atom. The largest absolute Gasteiger partial charge is 0.452 e. The quantitative estimate of drug-likeness (QED) is 0.632. The summed E-state index contributed by atoms with van der Waals surface area (Å²) in [6, 6.07) is 14.6. The third-order valence-corrected chi connectivity index (χ3v) is 4.65. The highest BCUT2D eigenvalue weighted by Crippen LogP contribution is 2.23. The molecule has 3 aromatic rings. The Hall–Kier alpha value is -3.48. The molecule has 4 rings (SSSR count). The van der Waals surface area contributed by atoms with Crippen LogP contribution in [0.25, 0.3) is 11.4 Å². The summed E-state index contributed by atoms with van der Waals surface area (Å²) in [7, 11) is 0. The van der Waals surface area contributed by atoms with Gasteiger partial charge in [0.05, 0.1) is 5.56 Å². The third kappa shape index (κ3) is 3.64. The molecule has 28 heavy (non-hydrogen) atoms. The predicted molar refractivity (Wildman–Crippen MR) is 102 cm³/mol. The maximum absolute atomic E-state index is 12.4. The lowest BCUT2D eigenvalue weighted by Gasteiger charge is -2.16. The van der Waals surface area contributed by atoms with Gasteiger partial charge in [-0.3, -0.25) is 4.79 Å². The zero-order valence-electron chi connectivity index (χ0n) is 15.4. The number of carbonyl (C=O) groups excluding carboxylic acids is 2. The molecule has 1 fully saturated rings. The number of carbonyl (C=O) groups is 2. The van der Waals surface area contributed by atoms with E-state index in [4.69, 9.17) is 9.26 Å². The predicted octanol–water partition coefficient (Wildman–Crippen LogP) is 3.53. The monoisotopic (exact) mass is 377 g/mol. The van der Waals surface area contributed by atoms with E-state index in [0.29, 0.717) is 30.0 Å². The summed E-state index contributed by atoms with van der Waals surface area (Å²) >= 11 is 0. The van der Waals surface area contributed by atoms with Gasteiger partial charge in [-0.15, -0.1) is 0 Å². The van der Waals surface area contributed by atoms with E-state index < -0.39 is 5.97 Å². The first-order chi connectivity index (χ1) is 13.6. The SMILES string of the molecule is Cc1ccccc1-c1noc(COC(=O)c2cccc(N3CCCC3=O)c2)n1. The molecule has 142 valence electrons. The van der Waals surface area contributed by atoms with Crippen molar-refractivity contribution in [3.05, 3.63) is 65.5 Å². The van der Waals surface area contributed by atoms with Gasteiger partial charge in [-0.05, 0) is 37.1 Å². The summed E-state index contributed by atoms with van der Waals surface area (Å²) in [5.41, 5.74) is 2.97. The summed E-state index contributed by atoms with van der Waals surface area (Å²) < 4.78 is 10.5. The number of anilines is 1. The number of benzene rings is 2. The first-order valence-electron chi connectivity index (χ1n) is 9.08. The average molecular weight is 377 g/mol. The molecule has 0 aliphatic carbocycles. The molecule has 0 unspecified atom stereocenters. The number of ether oxygens (including phenoxy) is 1. The van der Waals surface area contributed by atoms with Crippen molar-refractivity contribution >= 4 is 17.6 Å². The molecule has 1 aliphatic heterocycles. The number of hydrogen-bond acceptors (Lipinski definition) is 6. The van der Waals surface area contributed by atoms with Crippen molar-refractivity contribution in [3.8, 4) is 11.4 Å². The van der Waals surface area contributed by atoms with Gasteiger partial charge >= 0.3 is 5.97 Å². The molecule has 0 atom stereocenters. The molecule has 0 saturated carbocycles. The van der Waals surface area contributed by atoms with Gasteiger partial charge in [-0.1, -0.05) is 35.5 Å². The number of esters is 1. The maximum atomic E-state index is 12.4. The number of nitrogens with zero attached hydrogens (tertiary/aromatic N) is 3. The molecule has 0 radical (unpaired) electrons. The molecule has 1 amide bonds. The molecule has 1 saturated heterocycles. The van der Waals surface area contributed by atoms with E-state index in [1.54, 1.807) is 23.1 Å². The second-order valence-corrected chi connectivity index (χ2v) is 6.60. The van der Waals surface area contributed by atoms with Crippen LogP contribution in [0.2, 0.25) is 0 Å². The lowest BCUT2D eigenvalue weighted by Crippen LogP contribution is -2.23. The summed E-state index contributed by atoms with van der Waals surface area (Å²) in [5, 5.41) is 3.95. The molecule has 2 heterocycles. The first kappa shape index (κ1) is 17.9. The van der Waals surface area contributed by atoms with Crippen molar-refractivity contribution < 1.29 is 18.8 Å². The molecule has 1 aromatic heterocycles. The van der Waals surface area contributed by atoms with E-state index in [9.17, 15) is 9.59 Å². The fourth-order valence-electron chi connectivity index (χ4n) is 3.18. The molecule has 0 bridgehead atoms. The van der Waals surface area contributed by atoms with E-state index in [2.05, 4.69) is 10.1 Å². The molecule has 7 heteroatoms. The maximum Gasteiger partial charge on any atom is 0.338 e. The first-order valence-corrected chi connectivity index (χ1v) is 9.08. The van der Waals surface area contributed by atoms with Gasteiger partial charge in [0.25, 0.3) is 5.89 Å². The highest BCUT2D eigenvalue weighted by atomic mass is 16.6. The second kappa shape index (κ2) is 7.64. The van der Waals surface area contributed by atoms with E-state index in [1.807, 2.05) is 37.3 Å². The molecule has 0 spiro atoms. The fraction of sp³-hybridized carbons (Fsp3) is 0.238. The van der Waals surface area contributed by atoms with Crippen LogP contribution in [0.4, 0.5) is 5.69 Å². The summed E-state index contributed by atoms with van der Waals surface area (Å²) in [6.45, 7) is 2.51. The van der Waals surface area contributed by atoms with Crippen molar-refractivity contribution in [1.29, 1.82) is 0 Å². The molecule has 1 aliphatic rings. The van der Waals surface area contributed by atoms with Gasteiger partial charge in [0.1, 0.15) is 0 Å². The molecule has 0 N–H and O–H groups in total. The zero-order chi connectivity index (χ0) is 19.5. The summed E-state index contributed by atoms with van der Waals surface area (Å²) in [6.07, 6.45) is 1.36. The number of amides is 1. The summed E-state index contributed by atoms with van der Waals surface area (Å²) in [5.74, 6) is 0.237. The van der Waals surface area contributed by atoms with Crippen LogP contribution in [-0.2, 0) is 16.1 Å². The number of aromatic nitrogens is 2. The standard InChI is InChI=1S/C21H19N3O4/c1-14-6-2-3-9-17(14)20-22-18(28-23-20)13-27-21(26)15-7-4-8-16(12-15)24-11-5-10-19(24)25/h2-4,6-9,12H,5,10-11,13H2,1H3. The minimum atomic E-state index is -0.510. The third-order valence-electron chi connectivity index (χ3n) is 4.65.